The molecule has 1 aromatic heterocycles. The van der Waals surface area contributed by atoms with Crippen LogP contribution in [0.3, 0.4) is 0 Å². The number of likely N-dealkylation sites (tertiary alicyclic amines) is 1. The van der Waals surface area contributed by atoms with E-state index in [0.29, 0.717) is 18.1 Å². The molecule has 0 spiro atoms. The van der Waals surface area contributed by atoms with Gasteiger partial charge in [0.15, 0.2) is 0 Å². The summed E-state index contributed by atoms with van der Waals surface area (Å²) in [6, 6.07) is 4.84. The number of hydrogen-bond donors (Lipinski definition) is 0. The Labute approximate surface area is 268 Å². The maximum atomic E-state index is 14.3. The predicted octanol–water partition coefficient (Wildman–Crippen LogP) is 6.65. The third kappa shape index (κ3) is 8.31. The lowest BCUT2D eigenvalue weighted by atomic mass is 9.77. The molecule has 3 atom stereocenters. The number of carbonyl (C=O) groups excluding carboxylic acids is 3. The molecule has 2 heterocycles. The number of carbonyl (C=O) groups is 3. The van der Waals surface area contributed by atoms with E-state index in [0.717, 1.165) is 47.3 Å². The first kappa shape index (κ1) is 33.7. The van der Waals surface area contributed by atoms with Crippen LogP contribution in [-0.4, -0.2) is 66.7 Å². The minimum Gasteiger partial charge on any atom is -0.496 e. The van der Waals surface area contributed by atoms with Crippen LogP contribution in [0.25, 0.3) is 10.8 Å². The van der Waals surface area contributed by atoms with Crippen LogP contribution >= 0.6 is 15.9 Å². The van der Waals surface area contributed by atoms with Gasteiger partial charge in [-0.3, -0.25) is 9.59 Å². The van der Waals surface area contributed by atoms with Crippen LogP contribution < -0.4 is 9.47 Å². The quantitative estimate of drug-likeness (QED) is 0.172. The maximum Gasteiger partial charge on any atom is 0.328 e. The number of pyridine rings is 1. The first-order valence-corrected chi connectivity index (χ1v) is 16.4. The number of nitrogens with zero attached hydrogens (tertiary/aromatic N) is 2. The Morgan fingerprint density at radius 3 is 2.61 bits per heavy atom. The molecule has 1 aliphatic heterocycles. The van der Waals surface area contributed by atoms with Crippen molar-refractivity contribution in [1.82, 2.24) is 9.88 Å². The molecular formula is C34H45BrN2O7. The van der Waals surface area contributed by atoms with E-state index in [9.17, 15) is 14.4 Å². The lowest BCUT2D eigenvalue weighted by Gasteiger charge is -2.33. The molecule has 0 bridgehead atoms. The van der Waals surface area contributed by atoms with Crippen molar-refractivity contribution in [1.29, 1.82) is 0 Å². The lowest BCUT2D eigenvalue weighted by molar-refractivity contribution is -0.157. The Kier molecular flexibility index (Phi) is 11.7. The molecule has 1 aromatic carbocycles. The predicted molar refractivity (Wildman–Crippen MR) is 171 cm³/mol. The van der Waals surface area contributed by atoms with E-state index in [2.05, 4.69) is 27.5 Å². The Morgan fingerprint density at radius 1 is 1.18 bits per heavy atom. The number of methoxy groups -OCH3 is 1. The van der Waals surface area contributed by atoms with Crippen molar-refractivity contribution in [3.8, 4) is 11.6 Å². The maximum absolute atomic E-state index is 14.3. The largest absolute Gasteiger partial charge is 0.496 e. The number of rotatable bonds is 13. The van der Waals surface area contributed by atoms with Crippen molar-refractivity contribution in [2.24, 2.45) is 17.3 Å². The van der Waals surface area contributed by atoms with Gasteiger partial charge >= 0.3 is 11.9 Å². The summed E-state index contributed by atoms with van der Waals surface area (Å²) in [5.41, 5.74) is -0.243. The highest BCUT2D eigenvalue weighted by molar-refractivity contribution is 9.10. The normalized spacial score (nSPS) is 19.8. The highest BCUT2D eigenvalue weighted by Gasteiger charge is 2.46. The van der Waals surface area contributed by atoms with Gasteiger partial charge in [0.25, 0.3) is 0 Å². The van der Waals surface area contributed by atoms with Gasteiger partial charge in [0.1, 0.15) is 17.9 Å². The summed E-state index contributed by atoms with van der Waals surface area (Å²) < 4.78 is 23.7. The fraction of sp³-hybridized carbons (Fsp3) is 0.588. The number of hydrogen-bond acceptors (Lipinski definition) is 8. The molecule has 0 unspecified atom stereocenters. The van der Waals surface area contributed by atoms with Gasteiger partial charge in [0.2, 0.25) is 11.8 Å². The fourth-order valence-electron chi connectivity index (χ4n) is 6.31. The molecule has 2 aromatic rings. The van der Waals surface area contributed by atoms with Crippen LogP contribution in [0.4, 0.5) is 0 Å². The summed E-state index contributed by atoms with van der Waals surface area (Å²) in [5.74, 6) is -0.539. The average Bonchev–Trinajstić information content (AvgIpc) is 3.43. The number of benzene rings is 1. The second-order valence-electron chi connectivity index (χ2n) is 12.6. The van der Waals surface area contributed by atoms with Gasteiger partial charge in [-0.05, 0) is 71.6 Å². The molecule has 44 heavy (non-hydrogen) atoms. The Hall–Kier alpha value is -3.14. The highest BCUT2D eigenvalue weighted by atomic mass is 79.9. The van der Waals surface area contributed by atoms with Gasteiger partial charge in [-0.1, -0.05) is 39.2 Å². The van der Waals surface area contributed by atoms with E-state index >= 15 is 0 Å². The summed E-state index contributed by atoms with van der Waals surface area (Å²) in [6.45, 7) is 10.2. The number of ether oxygens (including phenoxy) is 4. The molecule has 1 amide bonds. The van der Waals surface area contributed by atoms with Gasteiger partial charge in [0, 0.05) is 23.4 Å². The van der Waals surface area contributed by atoms with E-state index in [-0.39, 0.29) is 49.8 Å². The summed E-state index contributed by atoms with van der Waals surface area (Å²) in [5, 5.41) is 1.66. The molecule has 0 N–H and O–H groups in total. The second kappa shape index (κ2) is 15.2. The molecule has 4 rings (SSSR count). The van der Waals surface area contributed by atoms with Gasteiger partial charge in [-0.25, -0.2) is 9.78 Å². The van der Waals surface area contributed by atoms with Crippen LogP contribution in [0.5, 0.6) is 11.6 Å². The van der Waals surface area contributed by atoms with Crippen molar-refractivity contribution in [2.75, 3.05) is 26.9 Å². The molecule has 2 aliphatic rings. The highest BCUT2D eigenvalue weighted by Crippen LogP contribution is 2.37. The fourth-order valence-corrected chi connectivity index (χ4v) is 6.82. The van der Waals surface area contributed by atoms with Crippen molar-refractivity contribution in [3.05, 3.63) is 41.5 Å². The van der Waals surface area contributed by atoms with Gasteiger partial charge in [-0.15, -0.1) is 6.58 Å². The average molecular weight is 674 g/mol. The van der Waals surface area contributed by atoms with Crippen molar-refractivity contribution in [2.45, 2.75) is 84.3 Å². The Balaban J connectivity index is 1.57. The molecule has 1 aliphatic carbocycles. The molecule has 0 radical (unpaired) electrons. The van der Waals surface area contributed by atoms with Gasteiger partial charge in [0.05, 0.1) is 43.7 Å². The van der Waals surface area contributed by atoms with Crippen LogP contribution in [0, 0.1) is 17.3 Å². The number of aromatic nitrogens is 1. The molecule has 1 saturated heterocycles. The third-order valence-electron chi connectivity index (χ3n) is 8.63. The zero-order valence-corrected chi connectivity index (χ0v) is 27.9. The van der Waals surface area contributed by atoms with Crippen LogP contribution in [0.15, 0.2) is 41.5 Å². The molecule has 240 valence electrons. The minimum absolute atomic E-state index is 0.0218. The summed E-state index contributed by atoms with van der Waals surface area (Å²) in [6.07, 6.45) is 8.78. The SMILES string of the molecule is C=CCC(C)(C)COC(=O)C[C@H](C(=O)N1C[C@H](Oc2nccc3cc(OC)c(Br)cc23)C[C@H]1C(=O)OCC)C1CCCCC1. The van der Waals surface area contributed by atoms with E-state index in [4.69, 9.17) is 18.9 Å². The summed E-state index contributed by atoms with van der Waals surface area (Å²) in [4.78, 5) is 46.7. The van der Waals surface area contributed by atoms with E-state index in [1.54, 1.807) is 25.1 Å². The van der Waals surface area contributed by atoms with Crippen molar-refractivity contribution >= 4 is 44.5 Å². The van der Waals surface area contributed by atoms with E-state index in [1.165, 1.54) is 0 Å². The van der Waals surface area contributed by atoms with Crippen molar-refractivity contribution in [3.63, 3.8) is 0 Å². The molecule has 1 saturated carbocycles. The zero-order valence-electron chi connectivity index (χ0n) is 26.3. The minimum atomic E-state index is -0.817. The number of allylic oxidation sites excluding steroid dienone is 1. The van der Waals surface area contributed by atoms with Crippen LogP contribution in [0.2, 0.25) is 0 Å². The van der Waals surface area contributed by atoms with Crippen LogP contribution in [0.1, 0.15) is 72.1 Å². The Bertz CT molecular complexity index is 1340. The monoisotopic (exact) mass is 672 g/mol. The number of fused-ring (bicyclic) bond motifs is 1. The first-order valence-electron chi connectivity index (χ1n) is 15.6. The third-order valence-corrected chi connectivity index (χ3v) is 9.25. The summed E-state index contributed by atoms with van der Waals surface area (Å²) in [7, 11) is 1.61. The first-order chi connectivity index (χ1) is 21.1. The lowest BCUT2D eigenvalue weighted by Crippen LogP contribution is -2.47. The molecule has 2 fully saturated rings. The number of amides is 1. The number of esters is 2. The Morgan fingerprint density at radius 2 is 1.93 bits per heavy atom. The smallest absolute Gasteiger partial charge is 0.328 e. The van der Waals surface area contributed by atoms with E-state index in [1.807, 2.05) is 38.1 Å². The second-order valence-corrected chi connectivity index (χ2v) is 13.4. The van der Waals surface area contributed by atoms with Crippen molar-refractivity contribution < 1.29 is 33.3 Å². The summed E-state index contributed by atoms with van der Waals surface area (Å²) >= 11 is 3.54. The van der Waals surface area contributed by atoms with E-state index < -0.39 is 30.0 Å². The molecule has 9 nitrogen and oxygen atoms in total. The van der Waals surface area contributed by atoms with Gasteiger partial charge in [-0.2, -0.15) is 0 Å². The topological polar surface area (TPSA) is 104 Å². The van der Waals surface area contributed by atoms with Crippen LogP contribution in [-0.2, 0) is 23.9 Å². The zero-order chi connectivity index (χ0) is 31.9. The molecule has 10 heteroatoms. The standard InChI is InChI=1S/C34H45BrN2O7/c1-6-14-34(3,4)21-43-30(38)19-26(22-11-9-8-10-12-22)32(39)37-20-24(17-28(37)33(40)42-7-2)44-31-25-18-27(35)29(41-5)16-23(25)13-15-36-31/h6,13,15-16,18,22,24,26,28H,1,7-12,14,17,19-21H2,2-5H3/t24-,26+,28+/m1/s1. The molecular weight excluding hydrogens is 628 g/mol. The van der Waals surface area contributed by atoms with Gasteiger partial charge < -0.3 is 23.8 Å². The number of halogens is 1.